The van der Waals surface area contributed by atoms with Gasteiger partial charge >= 0.3 is 5.97 Å². The molecule has 2 aromatic carbocycles. The summed E-state index contributed by atoms with van der Waals surface area (Å²) in [7, 11) is 1.36. The van der Waals surface area contributed by atoms with Crippen molar-refractivity contribution in [1.82, 2.24) is 5.32 Å². The normalized spacial score (nSPS) is 11.5. The molecule has 0 bridgehead atoms. The molecule has 2 aromatic rings. The van der Waals surface area contributed by atoms with Crippen molar-refractivity contribution in [3.8, 4) is 5.75 Å². The molecule has 0 saturated carbocycles. The molecule has 0 spiro atoms. The Bertz CT molecular complexity index is 733. The number of halogens is 1. The highest BCUT2D eigenvalue weighted by Crippen LogP contribution is 2.18. The first-order chi connectivity index (χ1) is 12.0. The van der Waals surface area contributed by atoms with Crippen molar-refractivity contribution in [2.75, 3.05) is 13.7 Å². The van der Waals surface area contributed by atoms with Crippen LogP contribution in [0.2, 0.25) is 0 Å². The van der Waals surface area contributed by atoms with Crippen LogP contribution < -0.4 is 10.1 Å². The maximum absolute atomic E-state index is 13.6. The number of benzene rings is 2. The molecule has 132 valence electrons. The molecular formula is C19H20FNO4. The maximum Gasteiger partial charge on any atom is 0.310 e. The highest BCUT2D eigenvalue weighted by Gasteiger charge is 2.13. The Kier molecular flexibility index (Phi) is 6.51. The van der Waals surface area contributed by atoms with Gasteiger partial charge in [-0.1, -0.05) is 36.4 Å². The quantitative estimate of drug-likeness (QED) is 0.784. The second-order valence-electron chi connectivity index (χ2n) is 5.51. The molecule has 0 aliphatic carbocycles. The SMILES string of the molecule is COc1ccc(CC(=O)OCC(=O)N[C@H](C)c2ccccc2)cc1F. The van der Waals surface area contributed by atoms with Gasteiger partial charge in [0, 0.05) is 0 Å². The summed E-state index contributed by atoms with van der Waals surface area (Å²) < 4.78 is 23.3. The van der Waals surface area contributed by atoms with Crippen molar-refractivity contribution < 1.29 is 23.5 Å². The van der Waals surface area contributed by atoms with Gasteiger partial charge in [0.25, 0.3) is 5.91 Å². The summed E-state index contributed by atoms with van der Waals surface area (Å²) in [6.45, 7) is 1.46. The van der Waals surface area contributed by atoms with Gasteiger partial charge in [0.2, 0.25) is 0 Å². The molecule has 2 rings (SSSR count). The van der Waals surface area contributed by atoms with Gasteiger partial charge in [0.15, 0.2) is 18.2 Å². The molecule has 0 aromatic heterocycles. The van der Waals surface area contributed by atoms with Crippen LogP contribution in [0.25, 0.3) is 0 Å². The molecule has 0 aliphatic heterocycles. The second kappa shape index (κ2) is 8.82. The first kappa shape index (κ1) is 18.4. The summed E-state index contributed by atoms with van der Waals surface area (Å²) in [6.07, 6.45) is -0.123. The molecule has 1 amide bonds. The van der Waals surface area contributed by atoms with E-state index in [2.05, 4.69) is 5.32 Å². The van der Waals surface area contributed by atoms with Crippen LogP contribution in [-0.2, 0) is 20.7 Å². The highest BCUT2D eigenvalue weighted by atomic mass is 19.1. The Balaban J connectivity index is 1.79. The van der Waals surface area contributed by atoms with Crippen molar-refractivity contribution in [2.45, 2.75) is 19.4 Å². The van der Waals surface area contributed by atoms with E-state index in [0.717, 1.165) is 5.56 Å². The van der Waals surface area contributed by atoms with Crippen molar-refractivity contribution in [1.29, 1.82) is 0 Å². The lowest BCUT2D eigenvalue weighted by Crippen LogP contribution is -2.31. The second-order valence-corrected chi connectivity index (χ2v) is 5.51. The van der Waals surface area contributed by atoms with Gasteiger partial charge in [-0.2, -0.15) is 0 Å². The maximum atomic E-state index is 13.6. The third-order valence-corrected chi connectivity index (χ3v) is 3.61. The smallest absolute Gasteiger partial charge is 0.310 e. The van der Waals surface area contributed by atoms with Crippen LogP contribution in [0.5, 0.6) is 5.75 Å². The number of amides is 1. The zero-order valence-corrected chi connectivity index (χ0v) is 14.1. The minimum atomic E-state index is -0.605. The molecular weight excluding hydrogens is 325 g/mol. The van der Waals surface area contributed by atoms with Gasteiger partial charge in [-0.05, 0) is 30.2 Å². The van der Waals surface area contributed by atoms with Gasteiger partial charge in [0.1, 0.15) is 0 Å². The van der Waals surface area contributed by atoms with Gasteiger partial charge in [-0.3, -0.25) is 9.59 Å². The molecule has 25 heavy (non-hydrogen) atoms. The number of carbonyl (C=O) groups excluding carboxylic acids is 2. The molecule has 0 heterocycles. The first-order valence-electron chi connectivity index (χ1n) is 7.82. The number of hydrogen-bond acceptors (Lipinski definition) is 4. The van der Waals surface area contributed by atoms with Crippen molar-refractivity contribution in [3.05, 3.63) is 65.5 Å². The Morgan fingerprint density at radius 3 is 2.52 bits per heavy atom. The van der Waals surface area contributed by atoms with E-state index in [4.69, 9.17) is 9.47 Å². The van der Waals surface area contributed by atoms with Crippen LogP contribution in [0.3, 0.4) is 0 Å². The van der Waals surface area contributed by atoms with Gasteiger partial charge < -0.3 is 14.8 Å². The fraction of sp³-hybridized carbons (Fsp3) is 0.263. The number of nitrogens with one attached hydrogen (secondary N) is 1. The average Bonchev–Trinajstić information content (AvgIpc) is 2.61. The predicted octanol–water partition coefficient (Wildman–Crippen LogP) is 2.80. The Morgan fingerprint density at radius 2 is 1.88 bits per heavy atom. The van der Waals surface area contributed by atoms with Gasteiger partial charge in [0.05, 0.1) is 19.6 Å². The Morgan fingerprint density at radius 1 is 1.16 bits per heavy atom. The lowest BCUT2D eigenvalue weighted by molar-refractivity contribution is -0.148. The molecule has 6 heteroatoms. The number of hydrogen-bond donors (Lipinski definition) is 1. The van der Waals surface area contributed by atoms with Crippen molar-refractivity contribution in [3.63, 3.8) is 0 Å². The fourth-order valence-electron chi connectivity index (χ4n) is 2.29. The monoisotopic (exact) mass is 345 g/mol. The molecule has 0 radical (unpaired) electrons. The lowest BCUT2D eigenvalue weighted by Gasteiger charge is -2.14. The topological polar surface area (TPSA) is 64.6 Å². The minimum absolute atomic E-state index is 0.103. The minimum Gasteiger partial charge on any atom is -0.494 e. The van der Waals surface area contributed by atoms with E-state index in [1.165, 1.54) is 19.2 Å². The number of methoxy groups -OCH3 is 1. The lowest BCUT2D eigenvalue weighted by atomic mass is 10.1. The van der Waals surface area contributed by atoms with Crippen LogP contribution in [0.15, 0.2) is 48.5 Å². The zero-order valence-electron chi connectivity index (χ0n) is 14.1. The summed E-state index contributed by atoms with van der Waals surface area (Å²) in [6, 6.07) is 13.5. The van der Waals surface area contributed by atoms with Gasteiger partial charge in [-0.25, -0.2) is 4.39 Å². The van der Waals surface area contributed by atoms with E-state index in [1.54, 1.807) is 6.07 Å². The molecule has 0 saturated heterocycles. The summed E-state index contributed by atoms with van der Waals surface area (Å²) in [5.41, 5.74) is 1.40. The molecule has 0 fully saturated rings. The van der Waals surface area contributed by atoms with Crippen LogP contribution in [-0.4, -0.2) is 25.6 Å². The van der Waals surface area contributed by atoms with Crippen LogP contribution >= 0.6 is 0 Å². The van der Waals surface area contributed by atoms with E-state index < -0.39 is 17.7 Å². The van der Waals surface area contributed by atoms with Crippen LogP contribution in [0.1, 0.15) is 24.1 Å². The standard InChI is InChI=1S/C19H20FNO4/c1-13(15-6-4-3-5-7-15)21-18(22)12-25-19(23)11-14-8-9-17(24-2)16(20)10-14/h3-10,13H,11-12H2,1-2H3,(H,21,22)/t13-/m1/s1. The Labute approximate surface area is 145 Å². The molecule has 0 unspecified atom stereocenters. The van der Waals surface area contributed by atoms with E-state index in [0.29, 0.717) is 5.56 Å². The van der Waals surface area contributed by atoms with Crippen molar-refractivity contribution in [2.24, 2.45) is 0 Å². The van der Waals surface area contributed by atoms with Crippen molar-refractivity contribution >= 4 is 11.9 Å². The summed E-state index contributed by atoms with van der Waals surface area (Å²) in [4.78, 5) is 23.6. The average molecular weight is 345 g/mol. The van der Waals surface area contributed by atoms with E-state index >= 15 is 0 Å². The third-order valence-electron chi connectivity index (χ3n) is 3.61. The number of ether oxygens (including phenoxy) is 2. The number of carbonyl (C=O) groups is 2. The molecule has 1 N–H and O–H groups in total. The highest BCUT2D eigenvalue weighted by molar-refractivity contribution is 5.81. The van der Waals surface area contributed by atoms with E-state index in [1.807, 2.05) is 37.3 Å². The number of esters is 1. The van der Waals surface area contributed by atoms with Crippen LogP contribution in [0, 0.1) is 5.82 Å². The Hall–Kier alpha value is -2.89. The van der Waals surface area contributed by atoms with E-state index in [-0.39, 0.29) is 24.8 Å². The number of rotatable bonds is 7. The van der Waals surface area contributed by atoms with E-state index in [9.17, 15) is 14.0 Å². The van der Waals surface area contributed by atoms with Crippen LogP contribution in [0.4, 0.5) is 4.39 Å². The largest absolute Gasteiger partial charge is 0.494 e. The molecule has 0 aliphatic rings. The molecule has 1 atom stereocenters. The predicted molar refractivity (Wildman–Crippen MR) is 90.6 cm³/mol. The van der Waals surface area contributed by atoms with Gasteiger partial charge in [-0.15, -0.1) is 0 Å². The third kappa shape index (κ3) is 5.60. The fourth-order valence-corrected chi connectivity index (χ4v) is 2.29. The molecule has 5 nitrogen and oxygen atoms in total. The summed E-state index contributed by atoms with van der Waals surface area (Å²) in [5.74, 6) is -1.45. The zero-order chi connectivity index (χ0) is 18.2. The first-order valence-corrected chi connectivity index (χ1v) is 7.82. The summed E-state index contributed by atoms with van der Waals surface area (Å²) >= 11 is 0. The summed E-state index contributed by atoms with van der Waals surface area (Å²) in [5, 5.41) is 2.75.